The number of imidazole rings is 1. The van der Waals surface area contributed by atoms with Crippen LogP contribution in [0, 0.1) is 0 Å². The Morgan fingerprint density at radius 1 is 0.929 bits per heavy atom. The van der Waals surface area contributed by atoms with Crippen LogP contribution in [0.15, 0.2) is 61.1 Å². The topological polar surface area (TPSA) is 34.0 Å². The number of hydrogen-bond donors (Lipinski definition) is 0. The van der Waals surface area contributed by atoms with Crippen LogP contribution in [0.25, 0.3) is 33.1 Å². The molecular formula is C24H26N4. The maximum Gasteiger partial charge on any atom is 0.160 e. The van der Waals surface area contributed by atoms with E-state index in [-0.39, 0.29) is 0 Å². The van der Waals surface area contributed by atoms with Crippen LogP contribution >= 0.6 is 0 Å². The number of hydrogen-bond acceptors (Lipinski definition) is 3. The Labute approximate surface area is 165 Å². The summed E-state index contributed by atoms with van der Waals surface area (Å²) in [6.07, 6.45) is 6.24. The zero-order chi connectivity index (χ0) is 19.1. The van der Waals surface area contributed by atoms with Gasteiger partial charge in [0.05, 0.1) is 6.33 Å². The predicted octanol–water partition coefficient (Wildman–Crippen LogP) is 5.30. The minimum Gasteiger partial charge on any atom is -0.312 e. The first-order chi connectivity index (χ1) is 13.7. The molecule has 5 rings (SSSR count). The van der Waals surface area contributed by atoms with Gasteiger partial charge in [-0.25, -0.2) is 9.97 Å². The number of aromatic nitrogens is 3. The molecule has 1 saturated heterocycles. The van der Waals surface area contributed by atoms with Crippen LogP contribution in [-0.2, 0) is 0 Å². The van der Waals surface area contributed by atoms with Gasteiger partial charge < -0.3 is 9.47 Å². The van der Waals surface area contributed by atoms with E-state index in [2.05, 4.69) is 71.8 Å². The second kappa shape index (κ2) is 7.02. The van der Waals surface area contributed by atoms with Gasteiger partial charge in [0.15, 0.2) is 5.65 Å². The lowest BCUT2D eigenvalue weighted by Gasteiger charge is -2.35. The van der Waals surface area contributed by atoms with Crippen molar-refractivity contribution in [1.29, 1.82) is 0 Å². The summed E-state index contributed by atoms with van der Waals surface area (Å²) in [7, 11) is 0. The summed E-state index contributed by atoms with van der Waals surface area (Å²) in [5, 5.41) is 2.52. The van der Waals surface area contributed by atoms with Crippen LogP contribution in [0.2, 0.25) is 0 Å². The molecule has 0 spiro atoms. The van der Waals surface area contributed by atoms with E-state index >= 15 is 0 Å². The van der Waals surface area contributed by atoms with Crippen molar-refractivity contribution in [2.75, 3.05) is 13.1 Å². The quantitative estimate of drug-likeness (QED) is 0.491. The second-order valence-electron chi connectivity index (χ2n) is 8.11. The third kappa shape index (κ3) is 2.98. The number of piperidine rings is 1. The minimum atomic E-state index is 0.486. The maximum atomic E-state index is 4.79. The van der Waals surface area contributed by atoms with Gasteiger partial charge in [-0.05, 0) is 55.2 Å². The van der Waals surface area contributed by atoms with Crippen molar-refractivity contribution in [1.82, 2.24) is 19.4 Å². The molecule has 0 bridgehead atoms. The minimum absolute atomic E-state index is 0.486. The molecule has 28 heavy (non-hydrogen) atoms. The van der Waals surface area contributed by atoms with Gasteiger partial charge >= 0.3 is 0 Å². The van der Waals surface area contributed by atoms with Crippen molar-refractivity contribution in [2.45, 2.75) is 38.8 Å². The van der Waals surface area contributed by atoms with Crippen molar-refractivity contribution in [2.24, 2.45) is 0 Å². The number of likely N-dealkylation sites (tertiary alicyclic amines) is 1. The summed E-state index contributed by atoms with van der Waals surface area (Å²) in [5.41, 5.74) is 4.37. The van der Waals surface area contributed by atoms with Gasteiger partial charge in [0.1, 0.15) is 5.52 Å². The summed E-state index contributed by atoms with van der Waals surface area (Å²) in [5.74, 6) is 0. The predicted molar refractivity (Wildman–Crippen MR) is 115 cm³/mol. The average molecular weight is 371 g/mol. The van der Waals surface area contributed by atoms with Crippen molar-refractivity contribution in [3.05, 3.63) is 61.1 Å². The van der Waals surface area contributed by atoms with Gasteiger partial charge in [0.25, 0.3) is 0 Å². The van der Waals surface area contributed by atoms with Crippen molar-refractivity contribution in [3.8, 4) is 11.1 Å². The molecule has 0 saturated carbocycles. The van der Waals surface area contributed by atoms with Gasteiger partial charge in [-0.15, -0.1) is 0 Å². The fourth-order valence-electron chi connectivity index (χ4n) is 4.47. The normalized spacial score (nSPS) is 16.4. The van der Waals surface area contributed by atoms with Gasteiger partial charge in [-0.3, -0.25) is 0 Å². The summed E-state index contributed by atoms with van der Waals surface area (Å²) in [6.45, 7) is 6.85. The van der Waals surface area contributed by atoms with Gasteiger partial charge in [-0.2, -0.15) is 0 Å². The van der Waals surface area contributed by atoms with Crippen molar-refractivity contribution >= 4 is 21.9 Å². The number of nitrogens with zero attached hydrogens (tertiary/aromatic N) is 4. The highest BCUT2D eigenvalue weighted by Crippen LogP contribution is 2.32. The Hall–Kier alpha value is -2.72. The van der Waals surface area contributed by atoms with Crippen LogP contribution < -0.4 is 0 Å². The fourth-order valence-corrected chi connectivity index (χ4v) is 4.47. The van der Waals surface area contributed by atoms with Crippen molar-refractivity contribution < 1.29 is 0 Å². The van der Waals surface area contributed by atoms with E-state index in [9.17, 15) is 0 Å². The van der Waals surface area contributed by atoms with E-state index in [1.165, 1.54) is 16.3 Å². The highest BCUT2D eigenvalue weighted by atomic mass is 15.2. The fraction of sp³-hybridized carbons (Fsp3) is 0.333. The zero-order valence-electron chi connectivity index (χ0n) is 16.5. The molecule has 2 aromatic heterocycles. The third-order valence-electron chi connectivity index (χ3n) is 6.14. The van der Waals surface area contributed by atoms with Gasteiger partial charge in [0, 0.05) is 36.9 Å². The highest BCUT2D eigenvalue weighted by molar-refractivity contribution is 5.94. The molecule has 0 radical (unpaired) electrons. The molecule has 142 valence electrons. The monoisotopic (exact) mass is 370 g/mol. The van der Waals surface area contributed by atoms with Crippen LogP contribution in [0.5, 0.6) is 0 Å². The van der Waals surface area contributed by atoms with Crippen LogP contribution in [0.1, 0.15) is 32.7 Å². The molecule has 1 aliphatic rings. The Morgan fingerprint density at radius 2 is 1.71 bits per heavy atom. The van der Waals surface area contributed by atoms with E-state index in [4.69, 9.17) is 9.97 Å². The highest BCUT2D eigenvalue weighted by Gasteiger charge is 2.24. The Kier molecular flexibility index (Phi) is 4.36. The summed E-state index contributed by atoms with van der Waals surface area (Å²) in [4.78, 5) is 12.1. The lowest BCUT2D eigenvalue weighted by atomic mass is 10.0. The Morgan fingerprint density at radius 3 is 2.50 bits per heavy atom. The molecule has 0 N–H and O–H groups in total. The Balaban J connectivity index is 1.52. The molecule has 2 aromatic carbocycles. The molecule has 4 heteroatoms. The standard InChI is InChI=1S/C24H26N4/c1-17(2)27-13-10-21(11-14-27)28-16-26-23-22(9-12-25-24(23)28)20-8-7-18-5-3-4-6-19(18)15-20/h3-9,12,15-17,21H,10-11,13-14H2,1-2H3. The summed E-state index contributed by atoms with van der Waals surface area (Å²) >= 11 is 0. The average Bonchev–Trinajstić information content (AvgIpc) is 3.17. The second-order valence-corrected chi connectivity index (χ2v) is 8.11. The van der Waals surface area contributed by atoms with E-state index in [0.717, 1.165) is 42.7 Å². The third-order valence-corrected chi connectivity index (χ3v) is 6.14. The van der Waals surface area contributed by atoms with E-state index in [1.54, 1.807) is 0 Å². The SMILES string of the molecule is CC(C)N1CCC(n2cnc3c(-c4ccc5ccccc5c4)ccnc32)CC1. The number of benzene rings is 2. The van der Waals surface area contributed by atoms with Crippen LogP contribution in [-0.4, -0.2) is 38.6 Å². The zero-order valence-corrected chi connectivity index (χ0v) is 16.5. The maximum absolute atomic E-state index is 4.79. The lowest BCUT2D eigenvalue weighted by Crippen LogP contribution is -2.38. The summed E-state index contributed by atoms with van der Waals surface area (Å²) < 4.78 is 2.30. The molecule has 4 nitrogen and oxygen atoms in total. The van der Waals surface area contributed by atoms with Crippen LogP contribution in [0.3, 0.4) is 0 Å². The summed E-state index contributed by atoms with van der Waals surface area (Å²) in [6, 6.07) is 18.3. The number of rotatable bonds is 3. The van der Waals surface area contributed by atoms with E-state index in [0.29, 0.717) is 12.1 Å². The molecule has 1 aliphatic heterocycles. The molecule has 0 aliphatic carbocycles. The molecule has 3 heterocycles. The first-order valence-corrected chi connectivity index (χ1v) is 10.3. The van der Waals surface area contributed by atoms with Crippen LogP contribution in [0.4, 0.5) is 0 Å². The molecule has 0 amide bonds. The lowest BCUT2D eigenvalue weighted by molar-refractivity contribution is 0.153. The van der Waals surface area contributed by atoms with E-state index < -0.39 is 0 Å². The molecular weight excluding hydrogens is 344 g/mol. The number of pyridine rings is 1. The van der Waals surface area contributed by atoms with E-state index in [1.807, 2.05) is 12.5 Å². The van der Waals surface area contributed by atoms with Gasteiger partial charge in [0.2, 0.25) is 0 Å². The van der Waals surface area contributed by atoms with Crippen molar-refractivity contribution in [3.63, 3.8) is 0 Å². The first kappa shape index (κ1) is 17.4. The molecule has 0 atom stereocenters. The largest absolute Gasteiger partial charge is 0.312 e. The first-order valence-electron chi connectivity index (χ1n) is 10.3. The molecule has 0 unspecified atom stereocenters. The smallest absolute Gasteiger partial charge is 0.160 e. The Bertz CT molecular complexity index is 1120. The number of fused-ring (bicyclic) bond motifs is 2. The molecule has 4 aromatic rings. The van der Waals surface area contributed by atoms with Gasteiger partial charge in [-0.1, -0.05) is 36.4 Å². The molecule has 1 fully saturated rings.